The van der Waals surface area contributed by atoms with Crippen LogP contribution in [0.1, 0.15) is 28.5 Å². The van der Waals surface area contributed by atoms with E-state index in [1.165, 1.54) is 0 Å². The van der Waals surface area contributed by atoms with Crippen LogP contribution in [-0.2, 0) is 4.74 Å². The standard InChI is InChI=1S/C20H20N2O2/c1-4-24-20(23)17-7-5-16(6-8-17)18-9-10-19(14(2)13-18)22-12-11-15(3)21-22/h5-13H,4H2,1-3H3. The normalized spacial score (nSPS) is 10.6. The lowest BCUT2D eigenvalue weighted by Gasteiger charge is -2.09. The summed E-state index contributed by atoms with van der Waals surface area (Å²) in [5.74, 6) is -0.287. The fraction of sp³-hybridized carbons (Fsp3) is 0.200. The third kappa shape index (κ3) is 3.23. The van der Waals surface area contributed by atoms with Gasteiger partial charge in [-0.15, -0.1) is 0 Å². The van der Waals surface area contributed by atoms with Crippen LogP contribution in [0.2, 0.25) is 0 Å². The van der Waals surface area contributed by atoms with Gasteiger partial charge in [0.2, 0.25) is 0 Å². The van der Waals surface area contributed by atoms with Gasteiger partial charge in [-0.25, -0.2) is 9.48 Å². The van der Waals surface area contributed by atoms with Crippen LogP contribution in [-0.4, -0.2) is 22.4 Å². The molecule has 0 spiro atoms. The minimum Gasteiger partial charge on any atom is -0.462 e. The Labute approximate surface area is 141 Å². The summed E-state index contributed by atoms with van der Waals surface area (Å²) in [6, 6.07) is 15.7. The fourth-order valence-corrected chi connectivity index (χ4v) is 2.65. The number of aromatic nitrogens is 2. The zero-order chi connectivity index (χ0) is 17.1. The van der Waals surface area contributed by atoms with Gasteiger partial charge in [0.1, 0.15) is 0 Å². The van der Waals surface area contributed by atoms with E-state index in [0.29, 0.717) is 12.2 Å². The lowest BCUT2D eigenvalue weighted by molar-refractivity contribution is 0.0526. The monoisotopic (exact) mass is 320 g/mol. The van der Waals surface area contributed by atoms with Gasteiger partial charge >= 0.3 is 5.97 Å². The van der Waals surface area contributed by atoms with Crippen molar-refractivity contribution in [3.05, 3.63) is 71.5 Å². The van der Waals surface area contributed by atoms with E-state index in [4.69, 9.17) is 4.74 Å². The highest BCUT2D eigenvalue weighted by Crippen LogP contribution is 2.24. The van der Waals surface area contributed by atoms with Crippen LogP contribution in [0.25, 0.3) is 16.8 Å². The summed E-state index contributed by atoms with van der Waals surface area (Å²) in [5.41, 5.74) is 5.94. The van der Waals surface area contributed by atoms with E-state index < -0.39 is 0 Å². The number of rotatable bonds is 4. The summed E-state index contributed by atoms with van der Waals surface area (Å²) in [6.07, 6.45) is 1.96. The molecular formula is C20H20N2O2. The molecule has 24 heavy (non-hydrogen) atoms. The Kier molecular flexibility index (Phi) is 4.47. The minimum absolute atomic E-state index is 0.287. The first-order valence-electron chi connectivity index (χ1n) is 7.99. The highest BCUT2D eigenvalue weighted by Gasteiger charge is 2.08. The largest absolute Gasteiger partial charge is 0.462 e. The van der Waals surface area contributed by atoms with Crippen molar-refractivity contribution in [1.29, 1.82) is 0 Å². The summed E-state index contributed by atoms with van der Waals surface area (Å²) in [6.45, 7) is 6.24. The predicted molar refractivity (Wildman–Crippen MR) is 94.4 cm³/mol. The van der Waals surface area contributed by atoms with Gasteiger partial charge in [-0.3, -0.25) is 0 Å². The zero-order valence-electron chi connectivity index (χ0n) is 14.1. The molecule has 1 heterocycles. The van der Waals surface area contributed by atoms with Crippen LogP contribution >= 0.6 is 0 Å². The van der Waals surface area contributed by atoms with Gasteiger partial charge in [0.25, 0.3) is 0 Å². The van der Waals surface area contributed by atoms with Gasteiger partial charge < -0.3 is 4.74 Å². The molecule has 0 fully saturated rings. The number of benzene rings is 2. The van der Waals surface area contributed by atoms with Crippen molar-refractivity contribution in [2.45, 2.75) is 20.8 Å². The molecule has 0 radical (unpaired) electrons. The number of hydrogen-bond donors (Lipinski definition) is 0. The van der Waals surface area contributed by atoms with Crippen LogP contribution in [0.15, 0.2) is 54.7 Å². The molecule has 0 atom stereocenters. The molecule has 0 bridgehead atoms. The van der Waals surface area contributed by atoms with Crippen molar-refractivity contribution < 1.29 is 9.53 Å². The number of ether oxygens (including phenoxy) is 1. The Bertz CT molecular complexity index is 864. The van der Waals surface area contributed by atoms with Gasteiger partial charge in [-0.1, -0.05) is 18.2 Å². The third-order valence-electron chi connectivity index (χ3n) is 3.90. The molecule has 3 aromatic rings. The highest BCUT2D eigenvalue weighted by atomic mass is 16.5. The molecule has 0 aliphatic heterocycles. The molecule has 0 saturated heterocycles. The van der Waals surface area contributed by atoms with Crippen molar-refractivity contribution in [2.75, 3.05) is 6.61 Å². The molecule has 1 aromatic heterocycles. The van der Waals surface area contributed by atoms with E-state index in [-0.39, 0.29) is 5.97 Å². The smallest absolute Gasteiger partial charge is 0.338 e. The predicted octanol–water partition coefficient (Wildman–Crippen LogP) is 4.33. The molecule has 4 heteroatoms. The van der Waals surface area contributed by atoms with Gasteiger partial charge in [-0.2, -0.15) is 5.10 Å². The maximum atomic E-state index is 11.7. The third-order valence-corrected chi connectivity index (χ3v) is 3.90. The molecule has 0 aliphatic rings. The first-order chi connectivity index (χ1) is 11.6. The average molecular weight is 320 g/mol. The number of aryl methyl sites for hydroxylation is 2. The van der Waals surface area contributed by atoms with Crippen molar-refractivity contribution in [1.82, 2.24) is 9.78 Å². The summed E-state index contributed by atoms with van der Waals surface area (Å²) in [7, 11) is 0. The second-order valence-electron chi connectivity index (χ2n) is 5.70. The molecule has 0 aliphatic carbocycles. The lowest BCUT2D eigenvalue weighted by atomic mass is 10.0. The van der Waals surface area contributed by atoms with E-state index in [0.717, 1.165) is 28.1 Å². The Morgan fingerprint density at radius 3 is 2.33 bits per heavy atom. The Morgan fingerprint density at radius 2 is 1.75 bits per heavy atom. The molecule has 4 nitrogen and oxygen atoms in total. The topological polar surface area (TPSA) is 44.1 Å². The quantitative estimate of drug-likeness (QED) is 0.672. The van der Waals surface area contributed by atoms with Gasteiger partial charge in [0, 0.05) is 6.20 Å². The fourth-order valence-electron chi connectivity index (χ4n) is 2.65. The minimum atomic E-state index is -0.287. The van der Waals surface area contributed by atoms with Crippen LogP contribution in [0.5, 0.6) is 0 Å². The highest BCUT2D eigenvalue weighted by molar-refractivity contribution is 5.90. The molecule has 3 rings (SSSR count). The maximum absolute atomic E-state index is 11.7. The van der Waals surface area contributed by atoms with Crippen molar-refractivity contribution in [3.63, 3.8) is 0 Å². The molecule has 122 valence electrons. The average Bonchev–Trinajstić information content (AvgIpc) is 3.01. The first kappa shape index (κ1) is 16.0. The summed E-state index contributed by atoms with van der Waals surface area (Å²) in [5, 5.41) is 4.46. The van der Waals surface area contributed by atoms with E-state index in [9.17, 15) is 4.79 Å². The van der Waals surface area contributed by atoms with Crippen LogP contribution in [0.4, 0.5) is 0 Å². The molecule has 0 unspecified atom stereocenters. The Balaban J connectivity index is 1.87. The number of hydrogen-bond acceptors (Lipinski definition) is 3. The van der Waals surface area contributed by atoms with Crippen molar-refractivity contribution >= 4 is 5.97 Å². The summed E-state index contributed by atoms with van der Waals surface area (Å²) < 4.78 is 6.90. The van der Waals surface area contributed by atoms with E-state index in [2.05, 4.69) is 30.2 Å². The molecule has 2 aromatic carbocycles. The summed E-state index contributed by atoms with van der Waals surface area (Å²) >= 11 is 0. The lowest BCUT2D eigenvalue weighted by Crippen LogP contribution is -2.04. The maximum Gasteiger partial charge on any atom is 0.338 e. The Morgan fingerprint density at radius 1 is 1.04 bits per heavy atom. The van der Waals surface area contributed by atoms with Gasteiger partial charge in [0.15, 0.2) is 0 Å². The second-order valence-corrected chi connectivity index (χ2v) is 5.70. The number of carbonyl (C=O) groups is 1. The van der Waals surface area contributed by atoms with Crippen LogP contribution in [0.3, 0.4) is 0 Å². The van der Waals surface area contributed by atoms with Crippen molar-refractivity contribution in [2.24, 2.45) is 0 Å². The zero-order valence-corrected chi connectivity index (χ0v) is 14.1. The van der Waals surface area contributed by atoms with E-state index in [1.807, 2.05) is 36.0 Å². The Hall–Kier alpha value is -2.88. The number of nitrogens with zero attached hydrogens (tertiary/aromatic N) is 2. The first-order valence-corrected chi connectivity index (χ1v) is 7.99. The molecular weight excluding hydrogens is 300 g/mol. The second kappa shape index (κ2) is 6.71. The SMILES string of the molecule is CCOC(=O)c1ccc(-c2ccc(-n3ccc(C)n3)c(C)c2)cc1. The van der Waals surface area contributed by atoms with Crippen molar-refractivity contribution in [3.8, 4) is 16.8 Å². The number of esters is 1. The van der Waals surface area contributed by atoms with E-state index >= 15 is 0 Å². The van der Waals surface area contributed by atoms with Crippen LogP contribution < -0.4 is 0 Å². The molecule has 0 N–H and O–H groups in total. The van der Waals surface area contributed by atoms with Gasteiger partial charge in [-0.05, 0) is 67.8 Å². The van der Waals surface area contributed by atoms with Crippen LogP contribution in [0, 0.1) is 13.8 Å². The van der Waals surface area contributed by atoms with E-state index in [1.54, 1.807) is 19.1 Å². The number of carbonyl (C=O) groups excluding carboxylic acids is 1. The van der Waals surface area contributed by atoms with Gasteiger partial charge in [0.05, 0.1) is 23.6 Å². The molecule has 0 amide bonds. The summed E-state index contributed by atoms with van der Waals surface area (Å²) in [4.78, 5) is 11.7. The molecule has 0 saturated carbocycles.